The van der Waals surface area contributed by atoms with E-state index in [1.807, 2.05) is 6.07 Å². The lowest BCUT2D eigenvalue weighted by molar-refractivity contribution is -0.116. The summed E-state index contributed by atoms with van der Waals surface area (Å²) in [5, 5.41) is 12.1. The SMILES string of the molecule is Cc1c(C(=O)O)sc2ncn(CC(=O)Nc3ccccc3Br)c(=O)c12. The Labute approximate surface area is 154 Å². The minimum atomic E-state index is -1.10. The van der Waals surface area contributed by atoms with E-state index in [0.717, 1.165) is 15.8 Å². The largest absolute Gasteiger partial charge is 0.477 e. The highest BCUT2D eigenvalue weighted by atomic mass is 79.9. The zero-order valence-corrected chi connectivity index (χ0v) is 15.3. The second-order valence-electron chi connectivity index (χ2n) is 5.25. The molecule has 0 bridgehead atoms. The van der Waals surface area contributed by atoms with E-state index in [2.05, 4.69) is 26.2 Å². The van der Waals surface area contributed by atoms with Gasteiger partial charge >= 0.3 is 5.97 Å². The van der Waals surface area contributed by atoms with Crippen molar-refractivity contribution >= 4 is 55.0 Å². The number of amides is 1. The van der Waals surface area contributed by atoms with Gasteiger partial charge in [0.15, 0.2) is 0 Å². The lowest BCUT2D eigenvalue weighted by Gasteiger charge is -2.08. The maximum absolute atomic E-state index is 12.6. The first-order chi connectivity index (χ1) is 11.9. The number of para-hydroxylation sites is 1. The molecule has 0 aliphatic rings. The number of nitrogens with one attached hydrogen (secondary N) is 1. The summed E-state index contributed by atoms with van der Waals surface area (Å²) in [5.41, 5.74) is 0.522. The molecule has 2 N–H and O–H groups in total. The fourth-order valence-electron chi connectivity index (χ4n) is 2.38. The van der Waals surface area contributed by atoms with Gasteiger partial charge in [0.2, 0.25) is 5.91 Å². The Morgan fingerprint density at radius 3 is 2.76 bits per heavy atom. The van der Waals surface area contributed by atoms with Crippen LogP contribution in [0.3, 0.4) is 0 Å². The van der Waals surface area contributed by atoms with Gasteiger partial charge in [-0.15, -0.1) is 11.3 Å². The molecule has 3 rings (SSSR count). The fourth-order valence-corrected chi connectivity index (χ4v) is 3.74. The minimum absolute atomic E-state index is 0.0787. The molecule has 1 aromatic carbocycles. The maximum atomic E-state index is 12.6. The molecule has 0 saturated heterocycles. The Kier molecular flexibility index (Phi) is 4.69. The molecule has 0 atom stereocenters. The lowest BCUT2D eigenvalue weighted by atomic mass is 10.2. The number of carbonyl (C=O) groups excluding carboxylic acids is 1. The number of carboxylic acid groups (broad SMARTS) is 1. The number of benzene rings is 1. The normalized spacial score (nSPS) is 10.8. The number of rotatable bonds is 4. The van der Waals surface area contributed by atoms with E-state index in [0.29, 0.717) is 16.1 Å². The Bertz CT molecular complexity index is 1060. The molecule has 7 nitrogen and oxygen atoms in total. The van der Waals surface area contributed by atoms with Crippen molar-refractivity contribution in [2.75, 3.05) is 5.32 Å². The Hall–Kier alpha value is -2.52. The number of aryl methyl sites for hydroxylation is 1. The zero-order valence-electron chi connectivity index (χ0n) is 12.9. The van der Waals surface area contributed by atoms with E-state index in [1.54, 1.807) is 25.1 Å². The van der Waals surface area contributed by atoms with Crippen LogP contribution in [0.4, 0.5) is 5.69 Å². The molecular formula is C16H12BrN3O4S. The van der Waals surface area contributed by atoms with E-state index in [-0.39, 0.29) is 22.7 Å². The molecular weight excluding hydrogens is 410 g/mol. The minimum Gasteiger partial charge on any atom is -0.477 e. The van der Waals surface area contributed by atoms with Crippen LogP contribution in [0.1, 0.15) is 15.2 Å². The summed E-state index contributed by atoms with van der Waals surface area (Å²) in [4.78, 5) is 40.5. The van der Waals surface area contributed by atoms with Crippen molar-refractivity contribution in [3.8, 4) is 0 Å². The molecule has 0 aliphatic carbocycles. The fraction of sp³-hybridized carbons (Fsp3) is 0.125. The Balaban J connectivity index is 1.92. The molecule has 0 fully saturated rings. The third-order valence-corrected chi connectivity index (χ3v) is 5.45. The van der Waals surface area contributed by atoms with E-state index >= 15 is 0 Å². The molecule has 128 valence electrons. The summed E-state index contributed by atoms with van der Waals surface area (Å²) >= 11 is 4.28. The van der Waals surface area contributed by atoms with Crippen LogP contribution in [-0.4, -0.2) is 26.5 Å². The van der Waals surface area contributed by atoms with Gasteiger partial charge in [0.1, 0.15) is 16.3 Å². The summed E-state index contributed by atoms with van der Waals surface area (Å²) in [5.74, 6) is -1.49. The smallest absolute Gasteiger partial charge is 0.346 e. The maximum Gasteiger partial charge on any atom is 0.346 e. The van der Waals surface area contributed by atoms with Crippen molar-refractivity contribution in [2.24, 2.45) is 0 Å². The number of anilines is 1. The molecule has 2 heterocycles. The number of carbonyl (C=O) groups is 2. The summed E-state index contributed by atoms with van der Waals surface area (Å²) in [7, 11) is 0. The number of hydrogen-bond donors (Lipinski definition) is 2. The summed E-state index contributed by atoms with van der Waals surface area (Å²) < 4.78 is 1.89. The molecule has 0 saturated carbocycles. The van der Waals surface area contributed by atoms with Crippen molar-refractivity contribution in [3.63, 3.8) is 0 Å². The molecule has 9 heteroatoms. The van der Waals surface area contributed by atoms with Crippen molar-refractivity contribution in [1.82, 2.24) is 9.55 Å². The first-order valence-electron chi connectivity index (χ1n) is 7.14. The van der Waals surface area contributed by atoms with E-state index in [4.69, 9.17) is 5.11 Å². The molecule has 0 unspecified atom stereocenters. The highest BCUT2D eigenvalue weighted by Gasteiger charge is 2.19. The number of hydrogen-bond acceptors (Lipinski definition) is 5. The second-order valence-corrected chi connectivity index (χ2v) is 7.10. The number of aromatic nitrogens is 2. The first-order valence-corrected chi connectivity index (χ1v) is 8.75. The molecule has 25 heavy (non-hydrogen) atoms. The van der Waals surface area contributed by atoms with Crippen LogP contribution < -0.4 is 10.9 Å². The summed E-state index contributed by atoms with van der Waals surface area (Å²) in [6.45, 7) is 1.34. The highest BCUT2D eigenvalue weighted by Crippen LogP contribution is 2.26. The first kappa shape index (κ1) is 17.3. The standard InChI is InChI=1S/C16H12BrN3O4S/c1-8-12-14(25-13(8)16(23)24)18-7-20(15(12)22)6-11(21)19-10-5-3-2-4-9(10)17/h2-5,7H,6H2,1H3,(H,19,21)(H,23,24). The van der Waals surface area contributed by atoms with Gasteiger partial charge < -0.3 is 10.4 Å². The van der Waals surface area contributed by atoms with Gasteiger partial charge in [0, 0.05) is 4.47 Å². The number of carboxylic acids is 1. The van der Waals surface area contributed by atoms with Gasteiger partial charge in [0.05, 0.1) is 17.4 Å². The van der Waals surface area contributed by atoms with Crippen LogP contribution in [0.2, 0.25) is 0 Å². The Morgan fingerprint density at radius 2 is 2.08 bits per heavy atom. The van der Waals surface area contributed by atoms with Gasteiger partial charge in [-0.25, -0.2) is 9.78 Å². The zero-order chi connectivity index (χ0) is 18.1. The van der Waals surface area contributed by atoms with Crippen molar-refractivity contribution in [1.29, 1.82) is 0 Å². The van der Waals surface area contributed by atoms with Crippen LogP contribution >= 0.6 is 27.3 Å². The Morgan fingerprint density at radius 1 is 1.36 bits per heavy atom. The predicted octanol–water partition coefficient (Wildman–Crippen LogP) is 2.87. The number of nitrogens with zero attached hydrogens (tertiary/aromatic N) is 2. The van der Waals surface area contributed by atoms with Crippen LogP contribution in [0.5, 0.6) is 0 Å². The number of fused-ring (bicyclic) bond motifs is 1. The van der Waals surface area contributed by atoms with Crippen molar-refractivity contribution < 1.29 is 14.7 Å². The number of thiophene rings is 1. The van der Waals surface area contributed by atoms with E-state index in [9.17, 15) is 14.4 Å². The van der Waals surface area contributed by atoms with Crippen LogP contribution in [0.15, 0.2) is 39.9 Å². The van der Waals surface area contributed by atoms with Crippen molar-refractivity contribution in [3.05, 3.63) is 55.9 Å². The highest BCUT2D eigenvalue weighted by molar-refractivity contribution is 9.10. The number of aromatic carboxylic acids is 1. The third kappa shape index (κ3) is 3.33. The topological polar surface area (TPSA) is 101 Å². The monoisotopic (exact) mass is 421 g/mol. The van der Waals surface area contributed by atoms with Gasteiger partial charge in [-0.3, -0.25) is 14.2 Å². The molecule has 2 aromatic heterocycles. The van der Waals surface area contributed by atoms with Crippen LogP contribution in [0.25, 0.3) is 10.2 Å². The van der Waals surface area contributed by atoms with Gasteiger partial charge in [-0.05, 0) is 40.5 Å². The lowest BCUT2D eigenvalue weighted by Crippen LogP contribution is -2.28. The molecule has 0 radical (unpaired) electrons. The van der Waals surface area contributed by atoms with Gasteiger partial charge in [-0.2, -0.15) is 0 Å². The van der Waals surface area contributed by atoms with Gasteiger partial charge in [-0.1, -0.05) is 12.1 Å². The van der Waals surface area contributed by atoms with Crippen LogP contribution in [0, 0.1) is 6.92 Å². The second kappa shape index (κ2) is 6.77. The average molecular weight is 422 g/mol. The summed E-state index contributed by atoms with van der Waals surface area (Å²) in [6.07, 6.45) is 1.26. The molecule has 0 aliphatic heterocycles. The quantitative estimate of drug-likeness (QED) is 0.674. The number of halogens is 1. The van der Waals surface area contributed by atoms with E-state index in [1.165, 1.54) is 10.9 Å². The predicted molar refractivity (Wildman–Crippen MR) is 98.3 cm³/mol. The molecule has 0 spiro atoms. The van der Waals surface area contributed by atoms with E-state index < -0.39 is 11.5 Å². The molecule has 3 aromatic rings. The third-order valence-electron chi connectivity index (χ3n) is 3.57. The average Bonchev–Trinajstić information content (AvgIpc) is 2.90. The molecule has 1 amide bonds. The van der Waals surface area contributed by atoms with Crippen molar-refractivity contribution in [2.45, 2.75) is 13.5 Å². The van der Waals surface area contributed by atoms with Gasteiger partial charge in [0.25, 0.3) is 5.56 Å². The van der Waals surface area contributed by atoms with Crippen LogP contribution in [-0.2, 0) is 11.3 Å². The summed E-state index contributed by atoms with van der Waals surface area (Å²) in [6, 6.07) is 7.12.